The number of hydrogen-bond donors (Lipinski definition) is 0. The second kappa shape index (κ2) is 7.27. The molecule has 0 aliphatic heterocycles. The van der Waals surface area contributed by atoms with Gasteiger partial charge >= 0.3 is 5.97 Å². The van der Waals surface area contributed by atoms with Crippen LogP contribution in [0, 0.1) is 12.8 Å². The molecule has 1 aliphatic rings. The first-order valence-electron chi connectivity index (χ1n) is 9.24. The quantitative estimate of drug-likeness (QED) is 0.647. The first-order valence-corrected chi connectivity index (χ1v) is 10.1. The highest BCUT2D eigenvalue weighted by Crippen LogP contribution is 2.35. The molecule has 1 unspecified atom stereocenters. The Hall–Kier alpha value is -2.47. The maximum atomic E-state index is 13.1. The molecular weight excluding hydrogens is 360 g/mol. The molecule has 0 fully saturated rings. The van der Waals surface area contributed by atoms with Gasteiger partial charge < -0.3 is 4.74 Å². The fourth-order valence-electron chi connectivity index (χ4n) is 3.62. The number of rotatable bonds is 4. The van der Waals surface area contributed by atoms with Crippen molar-refractivity contribution in [3.05, 3.63) is 62.5 Å². The number of thiophene rings is 1. The van der Waals surface area contributed by atoms with Gasteiger partial charge in [0.2, 0.25) is 0 Å². The third-order valence-electron chi connectivity index (χ3n) is 5.14. The van der Waals surface area contributed by atoms with Gasteiger partial charge in [-0.05, 0) is 43.2 Å². The fourth-order valence-corrected chi connectivity index (χ4v) is 5.04. The van der Waals surface area contributed by atoms with Crippen LogP contribution in [0.25, 0.3) is 10.2 Å². The van der Waals surface area contributed by atoms with Crippen LogP contribution in [0.3, 0.4) is 0 Å². The lowest BCUT2D eigenvalue weighted by molar-refractivity contribution is -0.145. The molecule has 0 saturated heterocycles. The van der Waals surface area contributed by atoms with Gasteiger partial charge in [-0.2, -0.15) is 0 Å². The summed E-state index contributed by atoms with van der Waals surface area (Å²) in [5.41, 5.74) is 1.93. The number of aromatic nitrogens is 2. The van der Waals surface area contributed by atoms with Gasteiger partial charge in [0, 0.05) is 4.88 Å². The lowest BCUT2D eigenvalue weighted by atomic mass is 9.89. The minimum Gasteiger partial charge on any atom is -0.459 e. The second-order valence-electron chi connectivity index (χ2n) is 7.23. The Morgan fingerprint density at radius 2 is 2.11 bits per heavy atom. The van der Waals surface area contributed by atoms with E-state index in [2.05, 4.69) is 11.9 Å². The lowest BCUT2D eigenvalue weighted by Crippen LogP contribution is -2.28. The topological polar surface area (TPSA) is 61.2 Å². The SMILES string of the molecule is Cc1nc2sc3c(c2c(=O)n1CC(=O)OCc1ccccc1)CCC(C)C3. The molecule has 2 heterocycles. The molecule has 4 rings (SSSR count). The van der Waals surface area contributed by atoms with E-state index in [1.807, 2.05) is 30.3 Å². The number of fused-ring (bicyclic) bond motifs is 3. The van der Waals surface area contributed by atoms with Crippen LogP contribution in [0.5, 0.6) is 0 Å². The molecule has 2 aromatic heterocycles. The van der Waals surface area contributed by atoms with Gasteiger partial charge in [-0.3, -0.25) is 14.2 Å². The van der Waals surface area contributed by atoms with E-state index in [9.17, 15) is 9.59 Å². The van der Waals surface area contributed by atoms with Crippen LogP contribution < -0.4 is 5.56 Å². The molecule has 0 amide bonds. The molecule has 0 N–H and O–H groups in total. The number of carbonyl (C=O) groups excluding carboxylic acids is 1. The number of ether oxygens (including phenoxy) is 1. The zero-order chi connectivity index (χ0) is 19.0. The molecule has 140 valence electrons. The fraction of sp³-hybridized carbons (Fsp3) is 0.381. The van der Waals surface area contributed by atoms with Crippen molar-refractivity contribution >= 4 is 27.5 Å². The van der Waals surface area contributed by atoms with Crippen LogP contribution >= 0.6 is 11.3 Å². The van der Waals surface area contributed by atoms with Crippen LogP contribution in [-0.4, -0.2) is 15.5 Å². The molecule has 6 heteroatoms. The number of aryl methyl sites for hydroxylation is 2. The van der Waals surface area contributed by atoms with E-state index in [0.29, 0.717) is 17.1 Å². The number of nitrogens with zero attached hydrogens (tertiary/aromatic N) is 2. The third-order valence-corrected chi connectivity index (χ3v) is 6.28. The minimum absolute atomic E-state index is 0.110. The summed E-state index contributed by atoms with van der Waals surface area (Å²) >= 11 is 1.63. The van der Waals surface area contributed by atoms with Gasteiger partial charge in [0.1, 0.15) is 23.8 Å². The molecule has 5 nitrogen and oxygen atoms in total. The third kappa shape index (κ3) is 3.54. The Kier molecular flexibility index (Phi) is 4.83. The highest BCUT2D eigenvalue weighted by molar-refractivity contribution is 7.18. The summed E-state index contributed by atoms with van der Waals surface area (Å²) in [7, 11) is 0. The van der Waals surface area contributed by atoms with Gasteiger partial charge in [0.15, 0.2) is 0 Å². The molecular formula is C21H22N2O3S. The largest absolute Gasteiger partial charge is 0.459 e. The molecule has 1 aromatic carbocycles. The van der Waals surface area contributed by atoms with Crippen LogP contribution in [0.1, 0.15) is 35.2 Å². The van der Waals surface area contributed by atoms with Gasteiger partial charge in [-0.25, -0.2) is 4.98 Å². The average Bonchev–Trinajstić information content (AvgIpc) is 3.01. The molecule has 1 atom stereocenters. The van der Waals surface area contributed by atoms with E-state index in [1.165, 1.54) is 9.44 Å². The Bertz CT molecular complexity index is 1050. The Morgan fingerprint density at radius 3 is 2.89 bits per heavy atom. The van der Waals surface area contributed by atoms with Crippen LogP contribution in [-0.2, 0) is 35.5 Å². The smallest absolute Gasteiger partial charge is 0.326 e. The summed E-state index contributed by atoms with van der Waals surface area (Å²) < 4.78 is 6.78. The Balaban J connectivity index is 1.60. The van der Waals surface area contributed by atoms with Crippen molar-refractivity contribution < 1.29 is 9.53 Å². The molecule has 0 bridgehead atoms. The lowest BCUT2D eigenvalue weighted by Gasteiger charge is -2.17. The summed E-state index contributed by atoms with van der Waals surface area (Å²) in [5.74, 6) is 0.764. The summed E-state index contributed by atoms with van der Waals surface area (Å²) in [6.07, 6.45) is 3.01. The van der Waals surface area contributed by atoms with Crippen molar-refractivity contribution in [3.8, 4) is 0 Å². The van der Waals surface area contributed by atoms with Crippen molar-refractivity contribution in [2.75, 3.05) is 0 Å². The highest BCUT2D eigenvalue weighted by atomic mass is 32.1. The maximum Gasteiger partial charge on any atom is 0.326 e. The van der Waals surface area contributed by atoms with Crippen molar-refractivity contribution in [2.45, 2.75) is 46.3 Å². The highest BCUT2D eigenvalue weighted by Gasteiger charge is 2.24. The normalized spacial score (nSPS) is 16.3. The van der Waals surface area contributed by atoms with Gasteiger partial charge in [0.25, 0.3) is 5.56 Å². The summed E-state index contributed by atoms with van der Waals surface area (Å²) in [5, 5.41) is 0.698. The van der Waals surface area contributed by atoms with Crippen molar-refractivity contribution in [1.82, 2.24) is 9.55 Å². The molecule has 0 radical (unpaired) electrons. The predicted molar refractivity (Wildman–Crippen MR) is 106 cm³/mol. The zero-order valence-electron chi connectivity index (χ0n) is 15.5. The van der Waals surface area contributed by atoms with E-state index < -0.39 is 5.97 Å². The summed E-state index contributed by atoms with van der Waals surface area (Å²) in [6.45, 7) is 4.11. The van der Waals surface area contributed by atoms with E-state index >= 15 is 0 Å². The van der Waals surface area contributed by atoms with E-state index in [0.717, 1.165) is 35.2 Å². The summed E-state index contributed by atoms with van der Waals surface area (Å²) in [4.78, 5) is 32.1. The summed E-state index contributed by atoms with van der Waals surface area (Å²) in [6, 6.07) is 9.51. The standard InChI is InChI=1S/C21H22N2O3S/c1-13-8-9-16-17(10-13)27-20-19(16)21(25)23(14(2)22-20)11-18(24)26-12-15-6-4-3-5-7-15/h3-7,13H,8-12H2,1-2H3. The Morgan fingerprint density at radius 1 is 1.33 bits per heavy atom. The number of carbonyl (C=O) groups is 1. The number of hydrogen-bond acceptors (Lipinski definition) is 5. The van der Waals surface area contributed by atoms with Gasteiger partial charge in [0.05, 0.1) is 5.39 Å². The average molecular weight is 382 g/mol. The minimum atomic E-state index is -0.428. The number of esters is 1. The van der Waals surface area contributed by atoms with Crippen LogP contribution in [0.4, 0.5) is 0 Å². The van der Waals surface area contributed by atoms with Crippen molar-refractivity contribution in [3.63, 3.8) is 0 Å². The molecule has 3 aromatic rings. The maximum absolute atomic E-state index is 13.1. The van der Waals surface area contributed by atoms with E-state index in [-0.39, 0.29) is 18.7 Å². The van der Waals surface area contributed by atoms with E-state index in [4.69, 9.17) is 4.74 Å². The van der Waals surface area contributed by atoms with Gasteiger partial charge in [-0.15, -0.1) is 11.3 Å². The van der Waals surface area contributed by atoms with Gasteiger partial charge in [-0.1, -0.05) is 37.3 Å². The van der Waals surface area contributed by atoms with E-state index in [1.54, 1.807) is 18.3 Å². The zero-order valence-corrected chi connectivity index (χ0v) is 16.3. The predicted octanol–water partition coefficient (Wildman–Crippen LogP) is 3.63. The second-order valence-corrected chi connectivity index (χ2v) is 8.31. The first-order chi connectivity index (χ1) is 13.0. The van der Waals surface area contributed by atoms with Crippen LogP contribution in [0.15, 0.2) is 35.1 Å². The molecule has 27 heavy (non-hydrogen) atoms. The van der Waals surface area contributed by atoms with Crippen molar-refractivity contribution in [2.24, 2.45) is 5.92 Å². The molecule has 1 aliphatic carbocycles. The van der Waals surface area contributed by atoms with Crippen molar-refractivity contribution in [1.29, 1.82) is 0 Å². The monoisotopic (exact) mass is 382 g/mol. The first kappa shape index (κ1) is 17.9. The molecule has 0 saturated carbocycles. The molecule has 0 spiro atoms. The van der Waals surface area contributed by atoms with Crippen LogP contribution in [0.2, 0.25) is 0 Å². The number of benzene rings is 1. The Labute approximate surface area is 161 Å².